The number of hydrogen-bond donors (Lipinski definition) is 3. The predicted molar refractivity (Wildman–Crippen MR) is 84.3 cm³/mol. The Bertz CT molecular complexity index is 510. The van der Waals surface area contributed by atoms with Gasteiger partial charge in [0.15, 0.2) is 0 Å². The van der Waals surface area contributed by atoms with E-state index in [1.807, 2.05) is 12.1 Å². The van der Waals surface area contributed by atoms with Gasteiger partial charge in [0.05, 0.1) is 5.60 Å². The van der Waals surface area contributed by atoms with Gasteiger partial charge in [-0.25, -0.2) is 0 Å². The van der Waals surface area contributed by atoms with Gasteiger partial charge in [-0.3, -0.25) is 4.79 Å². The van der Waals surface area contributed by atoms with E-state index >= 15 is 0 Å². The normalized spacial score (nSPS) is 17.2. The number of benzene rings is 1. The lowest BCUT2D eigenvalue weighted by molar-refractivity contribution is 0.0368. The molecule has 1 aliphatic rings. The van der Waals surface area contributed by atoms with Gasteiger partial charge in [-0.2, -0.15) is 0 Å². The molecule has 1 amide bonds. The highest BCUT2D eigenvalue weighted by molar-refractivity contribution is 5.96. The molecular formula is C17H26N2O2. The van der Waals surface area contributed by atoms with Gasteiger partial charge in [-0.15, -0.1) is 0 Å². The van der Waals surface area contributed by atoms with Crippen LogP contribution in [0.15, 0.2) is 18.2 Å². The van der Waals surface area contributed by atoms with E-state index in [1.54, 1.807) is 6.92 Å². The number of carbonyl (C=O) groups is 1. The first-order valence-corrected chi connectivity index (χ1v) is 7.71. The first kappa shape index (κ1) is 16.0. The van der Waals surface area contributed by atoms with Crippen LogP contribution in [0.2, 0.25) is 0 Å². The van der Waals surface area contributed by atoms with E-state index in [0.717, 1.165) is 30.6 Å². The van der Waals surface area contributed by atoms with Crippen LogP contribution in [0.5, 0.6) is 0 Å². The molecule has 21 heavy (non-hydrogen) atoms. The molecule has 4 heteroatoms. The smallest absolute Gasteiger partial charge is 0.251 e. The van der Waals surface area contributed by atoms with Crippen LogP contribution in [0.4, 0.5) is 0 Å². The molecule has 0 aliphatic carbocycles. The van der Waals surface area contributed by atoms with Crippen LogP contribution < -0.4 is 10.6 Å². The predicted octanol–water partition coefficient (Wildman–Crippen LogP) is 1.86. The highest BCUT2D eigenvalue weighted by Gasteiger charge is 2.24. The number of aliphatic hydroxyl groups is 1. The average Bonchev–Trinajstić information content (AvgIpc) is 2.43. The van der Waals surface area contributed by atoms with E-state index < -0.39 is 5.60 Å². The summed E-state index contributed by atoms with van der Waals surface area (Å²) >= 11 is 0. The number of fused-ring (bicyclic) bond motifs is 1. The molecule has 3 N–H and O–H groups in total. The van der Waals surface area contributed by atoms with Crippen molar-refractivity contribution in [2.45, 2.75) is 45.8 Å². The van der Waals surface area contributed by atoms with Crippen molar-refractivity contribution in [1.82, 2.24) is 10.6 Å². The molecular weight excluding hydrogens is 264 g/mol. The highest BCUT2D eigenvalue weighted by Crippen LogP contribution is 2.19. The van der Waals surface area contributed by atoms with E-state index in [2.05, 4.69) is 30.5 Å². The summed E-state index contributed by atoms with van der Waals surface area (Å²) in [5.41, 5.74) is 2.22. The maximum absolute atomic E-state index is 12.4. The van der Waals surface area contributed by atoms with Crippen LogP contribution in [0.25, 0.3) is 0 Å². The van der Waals surface area contributed by atoms with Crippen LogP contribution in [0.1, 0.15) is 48.7 Å². The van der Waals surface area contributed by atoms with Crippen LogP contribution in [0.3, 0.4) is 0 Å². The summed E-state index contributed by atoms with van der Waals surface area (Å²) in [7, 11) is 0. The fourth-order valence-electron chi connectivity index (χ4n) is 3.06. The zero-order valence-electron chi connectivity index (χ0n) is 13.2. The van der Waals surface area contributed by atoms with E-state index in [4.69, 9.17) is 0 Å². The molecule has 0 aromatic heterocycles. The number of hydrogen-bond acceptors (Lipinski definition) is 3. The average molecular weight is 290 g/mol. The lowest BCUT2D eigenvalue weighted by Gasteiger charge is -2.26. The van der Waals surface area contributed by atoms with Crippen molar-refractivity contribution in [3.05, 3.63) is 34.9 Å². The Balaban J connectivity index is 2.04. The van der Waals surface area contributed by atoms with Gasteiger partial charge >= 0.3 is 0 Å². The van der Waals surface area contributed by atoms with Gasteiger partial charge in [0.2, 0.25) is 0 Å². The maximum atomic E-state index is 12.4. The van der Waals surface area contributed by atoms with Gasteiger partial charge in [0.25, 0.3) is 5.91 Å². The first-order valence-electron chi connectivity index (χ1n) is 7.71. The van der Waals surface area contributed by atoms with Gasteiger partial charge < -0.3 is 15.7 Å². The summed E-state index contributed by atoms with van der Waals surface area (Å²) < 4.78 is 0. The molecule has 0 bridgehead atoms. The Hall–Kier alpha value is -1.39. The molecule has 0 saturated heterocycles. The molecule has 0 radical (unpaired) electrons. The van der Waals surface area contributed by atoms with Crippen LogP contribution in [-0.4, -0.2) is 29.7 Å². The van der Waals surface area contributed by atoms with Crippen molar-refractivity contribution in [2.24, 2.45) is 5.92 Å². The van der Waals surface area contributed by atoms with Crippen molar-refractivity contribution in [2.75, 3.05) is 13.1 Å². The quantitative estimate of drug-likeness (QED) is 0.775. The molecule has 1 unspecified atom stereocenters. The van der Waals surface area contributed by atoms with Crippen molar-refractivity contribution in [3.63, 3.8) is 0 Å². The largest absolute Gasteiger partial charge is 0.388 e. The SMILES string of the molecule is CC(C)CC(C)(O)CNC(=O)c1cccc2c1CCNC2. The van der Waals surface area contributed by atoms with Crippen LogP contribution in [-0.2, 0) is 13.0 Å². The van der Waals surface area contributed by atoms with E-state index in [9.17, 15) is 9.90 Å². The summed E-state index contributed by atoms with van der Waals surface area (Å²) in [5.74, 6) is 0.310. The summed E-state index contributed by atoms with van der Waals surface area (Å²) in [6.45, 7) is 7.92. The standard InChI is InChI=1S/C17H26N2O2/c1-12(2)9-17(3,21)11-19-16(20)15-6-4-5-13-10-18-8-7-14(13)15/h4-6,12,18,21H,7-11H2,1-3H3,(H,19,20). The van der Waals surface area contributed by atoms with Gasteiger partial charge in [0, 0.05) is 18.7 Å². The Morgan fingerprint density at radius 2 is 2.24 bits per heavy atom. The molecule has 1 aliphatic heterocycles. The summed E-state index contributed by atoms with van der Waals surface area (Å²) in [4.78, 5) is 12.4. The second-order valence-corrected chi connectivity index (χ2v) is 6.65. The molecule has 1 atom stereocenters. The number of rotatable bonds is 5. The maximum Gasteiger partial charge on any atom is 0.251 e. The fourth-order valence-corrected chi connectivity index (χ4v) is 3.06. The van der Waals surface area contributed by atoms with Gasteiger partial charge in [-0.1, -0.05) is 26.0 Å². The fraction of sp³-hybridized carbons (Fsp3) is 0.588. The molecule has 1 heterocycles. The molecule has 2 rings (SSSR count). The molecule has 0 saturated carbocycles. The van der Waals surface area contributed by atoms with Gasteiger partial charge in [-0.05, 0) is 49.4 Å². The lowest BCUT2D eigenvalue weighted by Crippen LogP contribution is -2.42. The Morgan fingerprint density at radius 3 is 2.95 bits per heavy atom. The van der Waals surface area contributed by atoms with E-state index in [0.29, 0.717) is 12.3 Å². The first-order chi connectivity index (χ1) is 9.89. The topological polar surface area (TPSA) is 61.4 Å². The molecule has 1 aromatic carbocycles. The molecule has 1 aromatic rings. The Kier molecular flexibility index (Phi) is 5.01. The Morgan fingerprint density at radius 1 is 1.48 bits per heavy atom. The van der Waals surface area contributed by atoms with Crippen LogP contribution >= 0.6 is 0 Å². The Labute approximate surface area is 126 Å². The van der Waals surface area contributed by atoms with Gasteiger partial charge in [0.1, 0.15) is 0 Å². The zero-order valence-corrected chi connectivity index (χ0v) is 13.2. The van der Waals surface area contributed by atoms with Crippen molar-refractivity contribution in [3.8, 4) is 0 Å². The van der Waals surface area contributed by atoms with E-state index in [1.165, 1.54) is 5.56 Å². The second-order valence-electron chi connectivity index (χ2n) is 6.65. The third-order valence-corrected chi connectivity index (χ3v) is 3.86. The molecule has 0 fully saturated rings. The highest BCUT2D eigenvalue weighted by atomic mass is 16.3. The number of nitrogens with one attached hydrogen (secondary N) is 2. The minimum Gasteiger partial charge on any atom is -0.388 e. The minimum absolute atomic E-state index is 0.0854. The summed E-state index contributed by atoms with van der Waals surface area (Å²) in [5, 5.41) is 16.5. The minimum atomic E-state index is -0.861. The lowest BCUT2D eigenvalue weighted by atomic mass is 9.93. The molecule has 0 spiro atoms. The van der Waals surface area contributed by atoms with Crippen molar-refractivity contribution in [1.29, 1.82) is 0 Å². The summed E-state index contributed by atoms with van der Waals surface area (Å²) in [6, 6.07) is 5.86. The van der Waals surface area contributed by atoms with Crippen molar-refractivity contribution < 1.29 is 9.90 Å². The molecule has 4 nitrogen and oxygen atoms in total. The monoisotopic (exact) mass is 290 g/mol. The third-order valence-electron chi connectivity index (χ3n) is 3.86. The number of carbonyl (C=O) groups excluding carboxylic acids is 1. The van der Waals surface area contributed by atoms with Crippen molar-refractivity contribution >= 4 is 5.91 Å². The molecule has 116 valence electrons. The summed E-state index contributed by atoms with van der Waals surface area (Å²) in [6.07, 6.45) is 1.55. The third kappa shape index (κ3) is 4.29. The van der Waals surface area contributed by atoms with Crippen LogP contribution in [0, 0.1) is 5.92 Å². The van der Waals surface area contributed by atoms with E-state index in [-0.39, 0.29) is 12.5 Å². The zero-order chi connectivity index (χ0) is 15.5. The number of amides is 1. The second kappa shape index (κ2) is 6.58.